The van der Waals surface area contributed by atoms with Crippen LogP contribution < -0.4 is 20.1 Å². The molecular formula is C23H20N2O4. The van der Waals surface area contributed by atoms with Crippen molar-refractivity contribution in [1.29, 1.82) is 0 Å². The highest BCUT2D eigenvalue weighted by Gasteiger charge is 2.27. The molecule has 146 valence electrons. The normalized spacial score (nSPS) is 14.7. The zero-order valence-electron chi connectivity index (χ0n) is 15.6. The van der Waals surface area contributed by atoms with Crippen LogP contribution >= 0.6 is 0 Å². The van der Waals surface area contributed by atoms with Crippen molar-refractivity contribution < 1.29 is 19.1 Å². The molecule has 2 amide bonds. The Labute approximate surface area is 168 Å². The molecule has 3 aromatic rings. The average Bonchev–Trinajstić information content (AvgIpc) is 2.78. The standard InChI is InChI=1S/C23H20N2O4/c26-22(24-14-16-6-2-1-3-7-16)17-10-12-18(13-11-17)25-23(27)21-15-28-19-8-4-5-9-20(19)29-21/h1-13,21H,14-15H2,(H,24,26)(H,25,27). The molecule has 0 saturated carbocycles. The van der Waals surface area contributed by atoms with Gasteiger partial charge in [0.2, 0.25) is 6.10 Å². The molecule has 6 nitrogen and oxygen atoms in total. The van der Waals surface area contributed by atoms with Crippen LogP contribution in [0, 0.1) is 0 Å². The van der Waals surface area contributed by atoms with Crippen LogP contribution in [-0.4, -0.2) is 24.5 Å². The van der Waals surface area contributed by atoms with E-state index in [0.717, 1.165) is 5.56 Å². The highest BCUT2D eigenvalue weighted by molar-refractivity contribution is 5.97. The largest absolute Gasteiger partial charge is 0.485 e. The maximum absolute atomic E-state index is 12.5. The van der Waals surface area contributed by atoms with Gasteiger partial charge in [-0.25, -0.2) is 0 Å². The number of amides is 2. The third kappa shape index (κ3) is 4.55. The second kappa shape index (κ2) is 8.48. The van der Waals surface area contributed by atoms with Crippen LogP contribution in [0.25, 0.3) is 0 Å². The number of hydrogen-bond donors (Lipinski definition) is 2. The molecule has 0 saturated heterocycles. The number of ether oxygens (including phenoxy) is 2. The van der Waals surface area contributed by atoms with Crippen LogP contribution in [0.3, 0.4) is 0 Å². The third-order valence-electron chi connectivity index (χ3n) is 4.51. The second-order valence-corrected chi connectivity index (χ2v) is 6.60. The van der Waals surface area contributed by atoms with Gasteiger partial charge < -0.3 is 20.1 Å². The van der Waals surface area contributed by atoms with Crippen molar-refractivity contribution in [2.45, 2.75) is 12.6 Å². The van der Waals surface area contributed by atoms with Crippen LogP contribution in [0.4, 0.5) is 5.69 Å². The van der Waals surface area contributed by atoms with Gasteiger partial charge in [-0.1, -0.05) is 42.5 Å². The first-order chi connectivity index (χ1) is 14.2. The lowest BCUT2D eigenvalue weighted by atomic mass is 10.1. The van der Waals surface area contributed by atoms with Gasteiger partial charge in [0.15, 0.2) is 11.5 Å². The quantitative estimate of drug-likeness (QED) is 0.702. The summed E-state index contributed by atoms with van der Waals surface area (Å²) < 4.78 is 11.3. The summed E-state index contributed by atoms with van der Waals surface area (Å²) in [5.74, 6) is 0.694. The SMILES string of the molecule is O=C(NCc1ccccc1)c1ccc(NC(=O)C2COc3ccccc3O2)cc1. The molecule has 1 unspecified atom stereocenters. The number of rotatable bonds is 5. The summed E-state index contributed by atoms with van der Waals surface area (Å²) in [6, 6.07) is 23.6. The van der Waals surface area contributed by atoms with E-state index >= 15 is 0 Å². The van der Waals surface area contributed by atoms with Gasteiger partial charge >= 0.3 is 0 Å². The van der Waals surface area contributed by atoms with Crippen LogP contribution in [0.15, 0.2) is 78.9 Å². The van der Waals surface area contributed by atoms with Gasteiger partial charge in [0.1, 0.15) is 6.61 Å². The number of carbonyl (C=O) groups is 2. The van der Waals surface area contributed by atoms with Gasteiger partial charge in [0, 0.05) is 17.8 Å². The van der Waals surface area contributed by atoms with Crippen molar-refractivity contribution in [3.05, 3.63) is 90.0 Å². The Kier molecular flexibility index (Phi) is 5.42. The highest BCUT2D eigenvalue weighted by Crippen LogP contribution is 2.31. The van der Waals surface area contributed by atoms with Crippen LogP contribution in [-0.2, 0) is 11.3 Å². The molecule has 1 heterocycles. The van der Waals surface area contributed by atoms with Crippen molar-refractivity contribution in [3.63, 3.8) is 0 Å². The molecule has 3 aromatic carbocycles. The lowest BCUT2D eigenvalue weighted by Gasteiger charge is -2.25. The van der Waals surface area contributed by atoms with Crippen molar-refractivity contribution >= 4 is 17.5 Å². The van der Waals surface area contributed by atoms with Crippen molar-refractivity contribution in [2.24, 2.45) is 0 Å². The molecule has 0 aromatic heterocycles. The smallest absolute Gasteiger partial charge is 0.269 e. The fraction of sp³-hybridized carbons (Fsp3) is 0.130. The van der Waals surface area contributed by atoms with E-state index in [1.165, 1.54) is 0 Å². The number of carbonyl (C=O) groups excluding carboxylic acids is 2. The Hall–Kier alpha value is -3.80. The molecular weight excluding hydrogens is 368 g/mol. The third-order valence-corrected chi connectivity index (χ3v) is 4.51. The summed E-state index contributed by atoms with van der Waals surface area (Å²) in [5, 5.41) is 5.66. The molecule has 0 fully saturated rings. The maximum atomic E-state index is 12.5. The van der Waals surface area contributed by atoms with Gasteiger partial charge in [0.05, 0.1) is 0 Å². The van der Waals surface area contributed by atoms with Gasteiger partial charge in [-0.05, 0) is 42.0 Å². The van der Waals surface area contributed by atoms with E-state index in [1.807, 2.05) is 42.5 Å². The average molecular weight is 388 g/mol. The molecule has 29 heavy (non-hydrogen) atoms. The van der Waals surface area contributed by atoms with E-state index in [1.54, 1.807) is 36.4 Å². The molecule has 6 heteroatoms. The summed E-state index contributed by atoms with van der Waals surface area (Å²) in [6.45, 7) is 0.599. The Bertz CT molecular complexity index is 1000. The summed E-state index contributed by atoms with van der Waals surface area (Å²) in [6.07, 6.45) is -0.737. The number of anilines is 1. The first-order valence-electron chi connectivity index (χ1n) is 9.30. The van der Waals surface area contributed by atoms with E-state index in [9.17, 15) is 9.59 Å². The minimum Gasteiger partial charge on any atom is -0.485 e. The summed E-state index contributed by atoms with van der Waals surface area (Å²) in [5.41, 5.74) is 2.13. The van der Waals surface area contributed by atoms with Crippen molar-refractivity contribution in [1.82, 2.24) is 5.32 Å². The van der Waals surface area contributed by atoms with Gasteiger partial charge in [-0.15, -0.1) is 0 Å². The lowest BCUT2D eigenvalue weighted by molar-refractivity contribution is -0.125. The highest BCUT2D eigenvalue weighted by atomic mass is 16.6. The predicted molar refractivity (Wildman–Crippen MR) is 109 cm³/mol. The minimum absolute atomic E-state index is 0.142. The first kappa shape index (κ1) is 18.6. The maximum Gasteiger partial charge on any atom is 0.269 e. The van der Waals surface area contributed by atoms with Crippen molar-refractivity contribution in [3.8, 4) is 11.5 Å². The summed E-state index contributed by atoms with van der Waals surface area (Å²) in [4.78, 5) is 24.7. The van der Waals surface area contributed by atoms with E-state index < -0.39 is 6.10 Å². The molecule has 0 aliphatic carbocycles. The number of hydrogen-bond acceptors (Lipinski definition) is 4. The number of fused-ring (bicyclic) bond motifs is 1. The zero-order valence-corrected chi connectivity index (χ0v) is 15.6. The van der Waals surface area contributed by atoms with Crippen LogP contribution in [0.1, 0.15) is 15.9 Å². The fourth-order valence-electron chi connectivity index (χ4n) is 2.96. The van der Waals surface area contributed by atoms with Crippen LogP contribution in [0.5, 0.6) is 11.5 Å². The Morgan fingerprint density at radius 2 is 1.55 bits per heavy atom. The molecule has 1 aliphatic rings. The van der Waals surface area contributed by atoms with Gasteiger partial charge in [-0.2, -0.15) is 0 Å². The Balaban J connectivity index is 1.32. The van der Waals surface area contributed by atoms with Gasteiger partial charge in [-0.3, -0.25) is 9.59 Å². The minimum atomic E-state index is -0.737. The Morgan fingerprint density at radius 3 is 2.31 bits per heavy atom. The predicted octanol–water partition coefficient (Wildman–Crippen LogP) is 3.40. The molecule has 1 aliphatic heterocycles. The van der Waals surface area contributed by atoms with E-state index in [0.29, 0.717) is 29.3 Å². The van der Waals surface area contributed by atoms with Gasteiger partial charge in [0.25, 0.3) is 11.8 Å². The number of para-hydroxylation sites is 2. The van der Waals surface area contributed by atoms with E-state index in [4.69, 9.17) is 9.47 Å². The number of nitrogens with one attached hydrogen (secondary N) is 2. The second-order valence-electron chi connectivity index (χ2n) is 6.60. The van der Waals surface area contributed by atoms with Crippen LogP contribution in [0.2, 0.25) is 0 Å². The van der Waals surface area contributed by atoms with E-state index in [-0.39, 0.29) is 18.4 Å². The van der Waals surface area contributed by atoms with E-state index in [2.05, 4.69) is 10.6 Å². The monoisotopic (exact) mass is 388 g/mol. The molecule has 0 spiro atoms. The van der Waals surface area contributed by atoms with Crippen molar-refractivity contribution in [2.75, 3.05) is 11.9 Å². The fourth-order valence-corrected chi connectivity index (χ4v) is 2.96. The lowest BCUT2D eigenvalue weighted by Crippen LogP contribution is -2.40. The summed E-state index contributed by atoms with van der Waals surface area (Å²) in [7, 11) is 0. The first-order valence-corrected chi connectivity index (χ1v) is 9.30. The topological polar surface area (TPSA) is 76.7 Å². The number of benzene rings is 3. The molecule has 4 rings (SSSR count). The summed E-state index contributed by atoms with van der Waals surface area (Å²) >= 11 is 0. The molecule has 2 N–H and O–H groups in total. The molecule has 0 radical (unpaired) electrons. The Morgan fingerprint density at radius 1 is 0.862 bits per heavy atom. The molecule has 1 atom stereocenters. The molecule has 0 bridgehead atoms. The zero-order chi connectivity index (χ0) is 20.1.